The molecule has 1 atom stereocenters. The summed E-state index contributed by atoms with van der Waals surface area (Å²) in [6, 6.07) is 28.8. The second kappa shape index (κ2) is 9.27. The molecular formula is C31H26N4O3. The molecule has 0 saturated heterocycles. The first-order valence-electron chi connectivity index (χ1n) is 12.5. The zero-order chi connectivity index (χ0) is 26.4. The molecule has 2 aliphatic heterocycles. The van der Waals surface area contributed by atoms with Crippen molar-refractivity contribution in [3.63, 3.8) is 0 Å². The minimum absolute atomic E-state index is 0.262. The molecule has 0 aromatic heterocycles. The van der Waals surface area contributed by atoms with Crippen LogP contribution >= 0.6 is 0 Å². The molecular weight excluding hydrogens is 476 g/mol. The van der Waals surface area contributed by atoms with Crippen LogP contribution in [-0.4, -0.2) is 49.0 Å². The Hall–Kier alpha value is -4.78. The third-order valence-electron chi connectivity index (χ3n) is 7.22. The molecule has 0 radical (unpaired) electrons. The molecule has 4 aromatic carbocycles. The minimum Gasteiger partial charge on any atom is -0.378 e. The lowest BCUT2D eigenvalue weighted by Gasteiger charge is -2.25. The van der Waals surface area contributed by atoms with Crippen LogP contribution in [0.15, 0.2) is 96.1 Å². The van der Waals surface area contributed by atoms with Crippen molar-refractivity contribution in [2.45, 2.75) is 12.5 Å². The number of hydrazone groups is 1. The van der Waals surface area contributed by atoms with E-state index in [9.17, 15) is 14.4 Å². The molecule has 0 saturated carbocycles. The Morgan fingerprint density at radius 1 is 0.895 bits per heavy atom. The largest absolute Gasteiger partial charge is 0.378 e. The molecule has 2 amide bonds. The van der Waals surface area contributed by atoms with Crippen LogP contribution in [-0.2, 0) is 9.59 Å². The second-order valence-electron chi connectivity index (χ2n) is 9.79. The first-order valence-corrected chi connectivity index (χ1v) is 12.5. The van der Waals surface area contributed by atoms with Gasteiger partial charge in [0.05, 0.1) is 23.0 Å². The number of hydrogen-bond donors (Lipinski definition) is 0. The predicted octanol–water partition coefficient (Wildman–Crippen LogP) is 4.81. The summed E-state index contributed by atoms with van der Waals surface area (Å²) < 4.78 is 0. The molecule has 1 unspecified atom stereocenters. The molecule has 0 bridgehead atoms. The van der Waals surface area contributed by atoms with Gasteiger partial charge in [-0.15, -0.1) is 0 Å². The number of ketones is 1. The van der Waals surface area contributed by atoms with E-state index in [2.05, 4.69) is 24.3 Å². The second-order valence-corrected chi connectivity index (χ2v) is 9.79. The van der Waals surface area contributed by atoms with Gasteiger partial charge < -0.3 is 4.90 Å². The van der Waals surface area contributed by atoms with Crippen LogP contribution in [0.2, 0.25) is 0 Å². The molecule has 2 heterocycles. The van der Waals surface area contributed by atoms with E-state index < -0.39 is 11.7 Å². The number of carbonyl (C=O) groups excluding carboxylic acids is 3. The highest BCUT2D eigenvalue weighted by molar-refractivity contribution is 6.52. The van der Waals surface area contributed by atoms with Crippen molar-refractivity contribution in [1.29, 1.82) is 0 Å². The summed E-state index contributed by atoms with van der Waals surface area (Å²) in [7, 11) is 3.96. The summed E-state index contributed by atoms with van der Waals surface area (Å²) >= 11 is 0. The van der Waals surface area contributed by atoms with E-state index >= 15 is 0 Å². The third-order valence-corrected chi connectivity index (χ3v) is 7.22. The fourth-order valence-corrected chi connectivity index (χ4v) is 5.15. The number of hydrogen-bond acceptors (Lipinski definition) is 5. The number of benzene rings is 4. The average molecular weight is 503 g/mol. The molecule has 6 rings (SSSR count). The van der Waals surface area contributed by atoms with Gasteiger partial charge in [-0.1, -0.05) is 60.7 Å². The highest BCUT2D eigenvalue weighted by Crippen LogP contribution is 2.35. The van der Waals surface area contributed by atoms with Gasteiger partial charge in [-0.25, -0.2) is 5.01 Å². The first-order chi connectivity index (χ1) is 18.4. The Morgan fingerprint density at radius 3 is 2.37 bits per heavy atom. The van der Waals surface area contributed by atoms with E-state index in [1.54, 1.807) is 24.3 Å². The van der Waals surface area contributed by atoms with Crippen molar-refractivity contribution in [2.75, 3.05) is 30.4 Å². The summed E-state index contributed by atoms with van der Waals surface area (Å²) in [6.45, 7) is -0.262. The van der Waals surface area contributed by atoms with E-state index in [-0.39, 0.29) is 18.5 Å². The minimum atomic E-state index is -0.690. The standard InChI is InChI=1S/C31H26N4O3/c1-33(2)24-15-13-21(14-16-24)28-18-26(23-12-11-20-7-3-4-8-22(20)17-23)32-35(28)29(36)19-34-27-10-6-5-9-25(27)30(37)31(34)38/h3-17,28H,18-19H2,1-2H3. The van der Waals surface area contributed by atoms with Crippen LogP contribution in [0, 0.1) is 0 Å². The molecule has 0 aliphatic carbocycles. The topological polar surface area (TPSA) is 73.3 Å². The van der Waals surface area contributed by atoms with Gasteiger partial charge in [-0.3, -0.25) is 19.3 Å². The quantitative estimate of drug-likeness (QED) is 0.367. The monoisotopic (exact) mass is 502 g/mol. The SMILES string of the molecule is CN(C)c1ccc(C2CC(c3ccc4ccccc4c3)=NN2C(=O)CN2C(=O)C(=O)c3ccccc32)cc1. The molecule has 0 fully saturated rings. The lowest BCUT2D eigenvalue weighted by Crippen LogP contribution is -2.40. The number of nitrogens with zero attached hydrogens (tertiary/aromatic N) is 4. The van der Waals surface area contributed by atoms with E-state index in [1.807, 2.05) is 61.5 Å². The molecule has 38 heavy (non-hydrogen) atoms. The Kier molecular flexibility index (Phi) is 5.76. The maximum atomic E-state index is 13.7. The number of para-hydroxylation sites is 1. The first kappa shape index (κ1) is 23.6. The number of anilines is 2. The Labute approximate surface area is 220 Å². The highest BCUT2D eigenvalue weighted by atomic mass is 16.2. The molecule has 7 heteroatoms. The normalized spacial score (nSPS) is 16.7. The smallest absolute Gasteiger partial charge is 0.299 e. The molecule has 0 spiro atoms. The molecule has 4 aromatic rings. The fraction of sp³-hybridized carbons (Fsp3) is 0.161. The lowest BCUT2D eigenvalue weighted by molar-refractivity contribution is -0.132. The van der Waals surface area contributed by atoms with Crippen LogP contribution in [0.25, 0.3) is 10.8 Å². The van der Waals surface area contributed by atoms with Gasteiger partial charge in [0.25, 0.3) is 17.6 Å². The van der Waals surface area contributed by atoms with E-state index in [1.165, 1.54) is 9.91 Å². The van der Waals surface area contributed by atoms with Crippen LogP contribution < -0.4 is 9.80 Å². The summed E-state index contributed by atoms with van der Waals surface area (Å²) in [5.74, 6) is -1.63. The van der Waals surface area contributed by atoms with Gasteiger partial charge in [0.15, 0.2) is 0 Å². The van der Waals surface area contributed by atoms with Gasteiger partial charge in [0.1, 0.15) is 6.54 Å². The van der Waals surface area contributed by atoms with Gasteiger partial charge in [0.2, 0.25) is 0 Å². The number of carbonyl (C=O) groups is 3. The number of rotatable bonds is 5. The Balaban J connectivity index is 1.35. The summed E-state index contributed by atoms with van der Waals surface area (Å²) in [5, 5.41) is 8.50. The zero-order valence-electron chi connectivity index (χ0n) is 21.2. The van der Waals surface area contributed by atoms with Gasteiger partial charge in [0, 0.05) is 26.2 Å². The Morgan fingerprint density at radius 2 is 1.61 bits per heavy atom. The van der Waals surface area contributed by atoms with Crippen LogP contribution in [0.4, 0.5) is 11.4 Å². The zero-order valence-corrected chi connectivity index (χ0v) is 21.2. The summed E-state index contributed by atoms with van der Waals surface area (Å²) in [4.78, 5) is 42.2. The van der Waals surface area contributed by atoms with Crippen LogP contribution in [0.1, 0.15) is 33.9 Å². The van der Waals surface area contributed by atoms with Crippen LogP contribution in [0.5, 0.6) is 0 Å². The Bertz CT molecular complexity index is 1620. The fourth-order valence-electron chi connectivity index (χ4n) is 5.15. The van der Waals surface area contributed by atoms with Crippen molar-refractivity contribution >= 4 is 45.5 Å². The van der Waals surface area contributed by atoms with Crippen molar-refractivity contribution in [3.8, 4) is 0 Å². The molecule has 188 valence electrons. The van der Waals surface area contributed by atoms with Gasteiger partial charge in [-0.05, 0) is 52.2 Å². The number of Topliss-reactive ketones (excluding diaryl/α,β-unsaturated/α-hetero) is 1. The van der Waals surface area contributed by atoms with Gasteiger partial charge >= 0.3 is 0 Å². The predicted molar refractivity (Wildman–Crippen MR) is 149 cm³/mol. The van der Waals surface area contributed by atoms with Gasteiger partial charge in [-0.2, -0.15) is 5.10 Å². The van der Waals surface area contributed by atoms with E-state index in [4.69, 9.17) is 5.10 Å². The number of fused-ring (bicyclic) bond motifs is 2. The summed E-state index contributed by atoms with van der Waals surface area (Å²) in [6.07, 6.45) is 0.537. The molecule has 7 nitrogen and oxygen atoms in total. The number of amides is 2. The molecule has 2 aliphatic rings. The van der Waals surface area contributed by atoms with Crippen molar-refractivity contribution in [3.05, 3.63) is 108 Å². The van der Waals surface area contributed by atoms with Crippen molar-refractivity contribution in [2.24, 2.45) is 5.10 Å². The van der Waals surface area contributed by atoms with E-state index in [0.29, 0.717) is 17.7 Å². The third kappa shape index (κ3) is 4.02. The summed E-state index contributed by atoms with van der Waals surface area (Å²) in [5.41, 5.74) is 4.54. The van der Waals surface area contributed by atoms with E-state index in [0.717, 1.165) is 33.3 Å². The van der Waals surface area contributed by atoms with Crippen molar-refractivity contribution in [1.82, 2.24) is 5.01 Å². The molecule has 0 N–H and O–H groups in total. The maximum absolute atomic E-state index is 13.7. The maximum Gasteiger partial charge on any atom is 0.299 e. The van der Waals surface area contributed by atoms with Crippen LogP contribution in [0.3, 0.4) is 0 Å². The highest BCUT2D eigenvalue weighted by Gasteiger charge is 2.40. The lowest BCUT2D eigenvalue weighted by atomic mass is 9.96. The average Bonchev–Trinajstić information content (AvgIpc) is 3.49. The van der Waals surface area contributed by atoms with Crippen molar-refractivity contribution < 1.29 is 14.4 Å².